The van der Waals surface area contributed by atoms with Crippen LogP contribution in [0.2, 0.25) is 0 Å². The molecule has 1 atom stereocenters. The lowest BCUT2D eigenvalue weighted by molar-refractivity contribution is 0.0654. The molecule has 2 heterocycles. The molecule has 21 heavy (non-hydrogen) atoms. The zero-order valence-corrected chi connectivity index (χ0v) is 14.1. The summed E-state index contributed by atoms with van der Waals surface area (Å²) in [6, 6.07) is 3.78. The molecule has 1 saturated heterocycles. The minimum Gasteiger partial charge on any atom is -0.486 e. The Balaban J connectivity index is 0.00000161. The van der Waals surface area contributed by atoms with Crippen molar-refractivity contribution in [2.45, 2.75) is 13.0 Å². The van der Waals surface area contributed by atoms with Crippen molar-refractivity contribution < 1.29 is 14.3 Å². The van der Waals surface area contributed by atoms with Crippen molar-refractivity contribution in [1.29, 1.82) is 0 Å². The highest BCUT2D eigenvalue weighted by atomic mass is 79.9. The van der Waals surface area contributed by atoms with Gasteiger partial charge in [0.05, 0.1) is 4.47 Å². The molecule has 7 heteroatoms. The van der Waals surface area contributed by atoms with Gasteiger partial charge >= 0.3 is 0 Å². The number of nitrogens with zero attached hydrogens (tertiary/aromatic N) is 1. The average Bonchev–Trinajstić information content (AvgIpc) is 2.47. The second-order valence-corrected chi connectivity index (χ2v) is 5.89. The summed E-state index contributed by atoms with van der Waals surface area (Å²) in [6.07, 6.45) is 0. The largest absolute Gasteiger partial charge is 0.486 e. The van der Waals surface area contributed by atoms with E-state index >= 15 is 0 Å². The fraction of sp³-hybridized carbons (Fsp3) is 0.500. The molecule has 1 fully saturated rings. The Morgan fingerprint density at radius 3 is 2.90 bits per heavy atom. The molecule has 0 unspecified atom stereocenters. The second-order valence-electron chi connectivity index (χ2n) is 5.03. The van der Waals surface area contributed by atoms with E-state index in [1.807, 2.05) is 11.0 Å². The Kier molecular flexibility index (Phi) is 5.35. The van der Waals surface area contributed by atoms with Crippen LogP contribution in [-0.4, -0.2) is 49.7 Å². The maximum atomic E-state index is 12.6. The van der Waals surface area contributed by atoms with E-state index in [-0.39, 0.29) is 24.4 Å². The Morgan fingerprint density at radius 2 is 2.14 bits per heavy atom. The number of ether oxygens (including phenoxy) is 2. The molecule has 116 valence electrons. The third-order valence-corrected chi connectivity index (χ3v) is 4.19. The van der Waals surface area contributed by atoms with Crippen molar-refractivity contribution >= 4 is 34.2 Å². The lowest BCUT2D eigenvalue weighted by Crippen LogP contribution is -2.52. The summed E-state index contributed by atoms with van der Waals surface area (Å²) in [7, 11) is 0. The molecule has 2 aliphatic heterocycles. The molecule has 2 aliphatic rings. The van der Waals surface area contributed by atoms with Crippen LogP contribution in [0.4, 0.5) is 0 Å². The third-order valence-electron chi connectivity index (χ3n) is 3.61. The molecule has 5 nitrogen and oxygen atoms in total. The van der Waals surface area contributed by atoms with E-state index in [4.69, 9.17) is 9.47 Å². The lowest BCUT2D eigenvalue weighted by atomic mass is 10.1. The Bertz CT molecular complexity index is 541. The van der Waals surface area contributed by atoms with Crippen LogP contribution in [0.5, 0.6) is 11.5 Å². The van der Waals surface area contributed by atoms with Crippen LogP contribution in [0.15, 0.2) is 16.6 Å². The highest BCUT2D eigenvalue weighted by Crippen LogP contribution is 2.38. The number of hydrogen-bond acceptors (Lipinski definition) is 4. The number of piperazine rings is 1. The number of fused-ring (bicyclic) bond motifs is 1. The van der Waals surface area contributed by atoms with Gasteiger partial charge in [0.15, 0.2) is 11.5 Å². The summed E-state index contributed by atoms with van der Waals surface area (Å²) in [5.74, 6) is 1.36. The summed E-state index contributed by atoms with van der Waals surface area (Å²) in [5.41, 5.74) is 0.634. The number of halogens is 2. The number of hydrogen-bond donors (Lipinski definition) is 1. The number of nitrogens with one attached hydrogen (secondary N) is 1. The number of benzene rings is 1. The van der Waals surface area contributed by atoms with Crippen LogP contribution in [0.25, 0.3) is 0 Å². The van der Waals surface area contributed by atoms with Gasteiger partial charge < -0.3 is 19.7 Å². The van der Waals surface area contributed by atoms with Crippen LogP contribution in [-0.2, 0) is 0 Å². The van der Waals surface area contributed by atoms with Gasteiger partial charge in [-0.3, -0.25) is 4.79 Å². The smallest absolute Gasteiger partial charge is 0.254 e. The third kappa shape index (κ3) is 3.27. The topological polar surface area (TPSA) is 50.8 Å². The van der Waals surface area contributed by atoms with Gasteiger partial charge in [-0.15, -0.1) is 12.4 Å². The van der Waals surface area contributed by atoms with Crippen molar-refractivity contribution in [3.63, 3.8) is 0 Å². The van der Waals surface area contributed by atoms with Gasteiger partial charge in [-0.05, 0) is 35.0 Å². The molecular weight excluding hydrogens is 360 g/mol. The van der Waals surface area contributed by atoms with Gasteiger partial charge in [-0.2, -0.15) is 0 Å². The van der Waals surface area contributed by atoms with E-state index < -0.39 is 0 Å². The standard InChI is InChI=1S/C14H17BrN2O3.ClH/c1-9-8-16-2-3-17(9)14(18)10-6-11(15)13-12(7-10)19-4-5-20-13;/h6-7,9,16H,2-5,8H2,1H3;1H/t9-;/m1./s1. The number of carbonyl (C=O) groups is 1. The minimum atomic E-state index is 0. The fourth-order valence-corrected chi connectivity index (χ4v) is 3.10. The SMILES string of the molecule is C[C@@H]1CNCCN1C(=O)c1cc(Br)c2c(c1)OCCO2.Cl. The molecule has 0 spiro atoms. The monoisotopic (exact) mass is 376 g/mol. The molecule has 1 aromatic rings. The van der Waals surface area contributed by atoms with E-state index in [0.717, 1.165) is 24.1 Å². The van der Waals surface area contributed by atoms with E-state index in [9.17, 15) is 4.79 Å². The Morgan fingerprint density at radius 1 is 1.38 bits per heavy atom. The van der Waals surface area contributed by atoms with Crippen LogP contribution in [0.3, 0.4) is 0 Å². The predicted octanol–water partition coefficient (Wildman–Crippen LogP) is 2.08. The van der Waals surface area contributed by atoms with Crippen molar-refractivity contribution in [2.75, 3.05) is 32.8 Å². The predicted molar refractivity (Wildman–Crippen MR) is 85.7 cm³/mol. The van der Waals surface area contributed by atoms with Crippen molar-refractivity contribution in [1.82, 2.24) is 10.2 Å². The average molecular weight is 378 g/mol. The molecular formula is C14H18BrClN2O3. The van der Waals surface area contributed by atoms with Gasteiger partial charge in [0.25, 0.3) is 5.91 Å². The van der Waals surface area contributed by atoms with Crippen LogP contribution in [0.1, 0.15) is 17.3 Å². The first-order chi connectivity index (χ1) is 9.66. The maximum Gasteiger partial charge on any atom is 0.254 e. The summed E-state index contributed by atoms with van der Waals surface area (Å²) < 4.78 is 11.9. The molecule has 0 saturated carbocycles. The van der Waals surface area contributed by atoms with Gasteiger partial charge in [-0.25, -0.2) is 0 Å². The summed E-state index contributed by atoms with van der Waals surface area (Å²) >= 11 is 3.45. The van der Waals surface area contributed by atoms with E-state index in [1.165, 1.54) is 0 Å². The van der Waals surface area contributed by atoms with Crippen LogP contribution in [0, 0.1) is 0 Å². The Labute approximate surface area is 138 Å². The molecule has 0 aromatic heterocycles. The lowest BCUT2D eigenvalue weighted by Gasteiger charge is -2.34. The van der Waals surface area contributed by atoms with Gasteiger partial charge in [0.2, 0.25) is 0 Å². The maximum absolute atomic E-state index is 12.6. The van der Waals surface area contributed by atoms with Crippen molar-refractivity contribution in [3.05, 3.63) is 22.2 Å². The van der Waals surface area contributed by atoms with E-state index in [0.29, 0.717) is 30.3 Å². The molecule has 1 aromatic carbocycles. The summed E-state index contributed by atoms with van der Waals surface area (Å²) in [6.45, 7) is 5.50. The fourth-order valence-electron chi connectivity index (χ4n) is 2.54. The van der Waals surface area contributed by atoms with Crippen molar-refractivity contribution in [3.8, 4) is 11.5 Å². The van der Waals surface area contributed by atoms with Gasteiger partial charge in [0.1, 0.15) is 13.2 Å². The van der Waals surface area contributed by atoms with Gasteiger partial charge in [-0.1, -0.05) is 0 Å². The number of rotatable bonds is 1. The van der Waals surface area contributed by atoms with E-state index in [2.05, 4.69) is 28.2 Å². The molecule has 1 amide bonds. The zero-order valence-electron chi connectivity index (χ0n) is 11.7. The number of amides is 1. The van der Waals surface area contributed by atoms with Crippen LogP contribution >= 0.6 is 28.3 Å². The van der Waals surface area contributed by atoms with Crippen molar-refractivity contribution in [2.24, 2.45) is 0 Å². The molecule has 0 radical (unpaired) electrons. The highest BCUT2D eigenvalue weighted by molar-refractivity contribution is 9.10. The minimum absolute atomic E-state index is 0. The first-order valence-electron chi connectivity index (χ1n) is 6.77. The second kappa shape index (κ2) is 6.85. The molecule has 0 bridgehead atoms. The van der Waals surface area contributed by atoms with Crippen LogP contribution < -0.4 is 14.8 Å². The quantitative estimate of drug-likeness (QED) is 0.814. The summed E-state index contributed by atoms with van der Waals surface area (Å²) in [4.78, 5) is 14.5. The molecule has 3 rings (SSSR count). The first-order valence-corrected chi connectivity index (χ1v) is 7.57. The normalized spacial score (nSPS) is 20.7. The van der Waals surface area contributed by atoms with E-state index in [1.54, 1.807) is 6.07 Å². The number of carbonyl (C=O) groups excluding carboxylic acids is 1. The van der Waals surface area contributed by atoms with Gasteiger partial charge in [0, 0.05) is 31.2 Å². The summed E-state index contributed by atoms with van der Waals surface area (Å²) in [5, 5.41) is 3.28. The highest BCUT2D eigenvalue weighted by Gasteiger charge is 2.26. The molecule has 1 N–H and O–H groups in total. The Hall–Kier alpha value is -0.980. The first kappa shape index (κ1) is 16.4. The zero-order chi connectivity index (χ0) is 14.1. The molecule has 0 aliphatic carbocycles.